The van der Waals surface area contributed by atoms with E-state index in [4.69, 9.17) is 0 Å². The van der Waals surface area contributed by atoms with Gasteiger partial charge in [0, 0.05) is 0 Å². The summed E-state index contributed by atoms with van der Waals surface area (Å²) < 4.78 is 0. The minimum absolute atomic E-state index is 0.130. The van der Waals surface area contributed by atoms with E-state index < -0.39 is 0 Å². The molecule has 0 spiro atoms. The summed E-state index contributed by atoms with van der Waals surface area (Å²) >= 11 is 0. The van der Waals surface area contributed by atoms with Crippen molar-refractivity contribution in [2.24, 2.45) is 34.0 Å². The van der Waals surface area contributed by atoms with E-state index >= 15 is 0 Å². The fourth-order valence-electron chi connectivity index (χ4n) is 8.46. The number of hydrogen-bond donors (Lipinski definition) is 0. The monoisotopic (exact) mass is 406 g/mol. The molecule has 3 saturated carbocycles. The van der Waals surface area contributed by atoms with Crippen molar-refractivity contribution in [3.8, 4) is 0 Å². The maximum absolute atomic E-state index is 2.57. The maximum atomic E-state index is 2.57. The maximum Gasteiger partial charge on any atom is -0.0197 e. The lowest BCUT2D eigenvalue weighted by atomic mass is 9.72. The fourth-order valence-corrected chi connectivity index (χ4v) is 14.2. The normalized spacial score (nSPS) is 44.0. The Kier molecular flexibility index (Phi) is 6.74. The van der Waals surface area contributed by atoms with Crippen LogP contribution >= 0.6 is 7.92 Å². The van der Waals surface area contributed by atoms with Crippen LogP contribution in [0.1, 0.15) is 120 Å². The van der Waals surface area contributed by atoms with Gasteiger partial charge in [-0.2, -0.15) is 0 Å². The van der Waals surface area contributed by atoms with E-state index in [1.165, 1.54) is 57.8 Å². The highest BCUT2D eigenvalue weighted by atomic mass is 31.1. The summed E-state index contributed by atoms with van der Waals surface area (Å²) in [7, 11) is 0.130. The zero-order valence-electron chi connectivity index (χ0n) is 20.8. The summed E-state index contributed by atoms with van der Waals surface area (Å²) in [6.45, 7) is 23.1. The second kappa shape index (κ2) is 8.17. The van der Waals surface area contributed by atoms with Crippen molar-refractivity contribution >= 4 is 7.92 Å². The van der Waals surface area contributed by atoms with Crippen LogP contribution in [0.5, 0.6) is 0 Å². The summed E-state index contributed by atoms with van der Waals surface area (Å²) in [6, 6.07) is 0. The van der Waals surface area contributed by atoms with Gasteiger partial charge < -0.3 is 0 Å². The Bertz CT molecular complexity index is 454. The lowest BCUT2D eigenvalue weighted by molar-refractivity contribution is 0.174. The molecule has 0 radical (unpaired) electrons. The van der Waals surface area contributed by atoms with Crippen LogP contribution in [0.3, 0.4) is 0 Å². The molecular weight excluding hydrogens is 355 g/mol. The van der Waals surface area contributed by atoms with Crippen LogP contribution < -0.4 is 0 Å². The predicted octanol–water partition coefficient (Wildman–Crippen LogP) is 9.11. The van der Waals surface area contributed by atoms with Crippen LogP contribution in [0, 0.1) is 34.0 Å². The fraction of sp³-hybridized carbons (Fsp3) is 1.00. The van der Waals surface area contributed by atoms with Crippen LogP contribution in [0.2, 0.25) is 0 Å². The van der Waals surface area contributed by atoms with Crippen LogP contribution in [0.25, 0.3) is 0 Å². The minimum atomic E-state index is 0.130. The van der Waals surface area contributed by atoms with E-state index in [-0.39, 0.29) is 7.92 Å². The molecule has 1 heteroatoms. The molecule has 0 N–H and O–H groups in total. The molecular formula is C27H51P. The van der Waals surface area contributed by atoms with Gasteiger partial charge in [0.25, 0.3) is 0 Å². The zero-order valence-corrected chi connectivity index (χ0v) is 21.7. The van der Waals surface area contributed by atoms with E-state index in [0.29, 0.717) is 16.2 Å². The van der Waals surface area contributed by atoms with Gasteiger partial charge in [0.05, 0.1) is 0 Å². The van der Waals surface area contributed by atoms with Crippen LogP contribution in [0.4, 0.5) is 0 Å². The SMILES string of the molecule is CC1CC(P(C2CC(C)CC(C)(C)C2)C2CC(C)CC(C)(C)C2)CC(C)(C)C1. The Labute approximate surface area is 179 Å². The summed E-state index contributed by atoms with van der Waals surface area (Å²) in [5.41, 5.74) is 4.79. The highest BCUT2D eigenvalue weighted by Crippen LogP contribution is 2.67. The van der Waals surface area contributed by atoms with Crippen molar-refractivity contribution in [3.63, 3.8) is 0 Å². The van der Waals surface area contributed by atoms with Gasteiger partial charge in [-0.25, -0.2) is 0 Å². The van der Waals surface area contributed by atoms with E-state index in [0.717, 1.165) is 34.7 Å². The van der Waals surface area contributed by atoms with Gasteiger partial charge in [-0.1, -0.05) is 70.2 Å². The first-order valence-electron chi connectivity index (χ1n) is 12.5. The highest BCUT2D eigenvalue weighted by molar-refractivity contribution is 7.60. The average molecular weight is 407 g/mol. The third kappa shape index (κ3) is 5.77. The quantitative estimate of drug-likeness (QED) is 0.410. The summed E-state index contributed by atoms with van der Waals surface area (Å²) in [6.07, 6.45) is 13.5. The molecule has 0 amide bonds. The van der Waals surface area contributed by atoms with Crippen molar-refractivity contribution in [3.05, 3.63) is 0 Å². The van der Waals surface area contributed by atoms with E-state index in [2.05, 4.69) is 62.3 Å². The molecule has 0 heterocycles. The summed E-state index contributed by atoms with van der Waals surface area (Å²) in [5.74, 6) is 2.80. The molecule has 3 aliphatic carbocycles. The number of rotatable bonds is 3. The predicted molar refractivity (Wildman–Crippen MR) is 129 cm³/mol. The van der Waals surface area contributed by atoms with Gasteiger partial charge in [0.1, 0.15) is 0 Å². The van der Waals surface area contributed by atoms with E-state index in [1.807, 2.05) is 0 Å². The molecule has 0 bridgehead atoms. The smallest absolute Gasteiger partial charge is 0.0197 e. The van der Waals surface area contributed by atoms with Gasteiger partial charge in [-0.15, -0.1) is 0 Å². The lowest BCUT2D eigenvalue weighted by Crippen LogP contribution is -2.40. The second-order valence-electron chi connectivity index (χ2n) is 14.1. The molecule has 0 aromatic rings. The average Bonchev–Trinajstić information content (AvgIpc) is 2.40. The molecule has 3 aliphatic rings. The third-order valence-electron chi connectivity index (χ3n) is 8.36. The Morgan fingerprint density at radius 2 is 0.714 bits per heavy atom. The first kappa shape index (κ1) is 23.1. The van der Waals surface area contributed by atoms with E-state index in [1.54, 1.807) is 0 Å². The summed E-state index contributed by atoms with van der Waals surface area (Å²) in [5, 5.41) is 0. The first-order chi connectivity index (χ1) is 12.8. The lowest BCUT2D eigenvalue weighted by Gasteiger charge is -2.53. The number of hydrogen-bond acceptors (Lipinski definition) is 0. The molecule has 0 saturated heterocycles. The van der Waals surface area contributed by atoms with Crippen molar-refractivity contribution in [1.82, 2.24) is 0 Å². The molecule has 0 aromatic carbocycles. The second-order valence-corrected chi connectivity index (χ2v) is 17.2. The molecule has 6 unspecified atom stereocenters. The van der Waals surface area contributed by atoms with Gasteiger partial charge in [0.2, 0.25) is 0 Å². The Hall–Kier alpha value is 0.430. The Morgan fingerprint density at radius 1 is 0.464 bits per heavy atom. The van der Waals surface area contributed by atoms with Crippen molar-refractivity contribution in [2.75, 3.05) is 0 Å². The first-order valence-corrected chi connectivity index (χ1v) is 14.1. The molecule has 0 aliphatic heterocycles. The standard InChI is InChI=1S/C27H51P/c1-19-10-22(16-25(4,5)13-19)28(23-11-20(2)14-26(6,7)17-23)24-12-21(3)15-27(8,9)18-24/h19-24H,10-18H2,1-9H3. The van der Waals surface area contributed by atoms with Gasteiger partial charge >= 0.3 is 0 Å². The summed E-state index contributed by atoms with van der Waals surface area (Å²) in [4.78, 5) is 0. The van der Waals surface area contributed by atoms with Gasteiger partial charge in [0.15, 0.2) is 0 Å². The van der Waals surface area contributed by atoms with Gasteiger partial charge in [-0.05, 0) is 109 Å². The molecule has 3 rings (SSSR count). The van der Waals surface area contributed by atoms with Crippen molar-refractivity contribution in [1.29, 1.82) is 0 Å². The van der Waals surface area contributed by atoms with Gasteiger partial charge in [-0.3, -0.25) is 0 Å². The molecule has 6 atom stereocenters. The highest BCUT2D eigenvalue weighted by Gasteiger charge is 2.47. The topological polar surface area (TPSA) is 0 Å². The van der Waals surface area contributed by atoms with Crippen molar-refractivity contribution < 1.29 is 0 Å². The van der Waals surface area contributed by atoms with Crippen LogP contribution in [-0.2, 0) is 0 Å². The van der Waals surface area contributed by atoms with Crippen LogP contribution in [0.15, 0.2) is 0 Å². The third-order valence-corrected chi connectivity index (χ3v) is 12.1. The molecule has 3 fully saturated rings. The molecule has 28 heavy (non-hydrogen) atoms. The zero-order chi connectivity index (χ0) is 20.9. The largest absolute Gasteiger partial charge is 0.0971 e. The molecule has 0 aromatic heterocycles. The minimum Gasteiger partial charge on any atom is -0.0971 e. The van der Waals surface area contributed by atoms with Crippen molar-refractivity contribution in [2.45, 2.75) is 137 Å². The molecule has 164 valence electrons. The molecule has 0 nitrogen and oxygen atoms in total. The van der Waals surface area contributed by atoms with E-state index in [9.17, 15) is 0 Å². The Balaban J connectivity index is 1.92. The van der Waals surface area contributed by atoms with Crippen LogP contribution in [-0.4, -0.2) is 17.0 Å². The Morgan fingerprint density at radius 3 is 0.929 bits per heavy atom.